The van der Waals surface area contributed by atoms with E-state index in [0.717, 1.165) is 40.5 Å². The Labute approximate surface area is 225 Å². The molecular formula is C30H28N6O3. The molecule has 0 radical (unpaired) electrons. The highest BCUT2D eigenvalue weighted by Gasteiger charge is 2.36. The quantitative estimate of drug-likeness (QED) is 0.312. The molecule has 1 aliphatic heterocycles. The Balaban J connectivity index is 1.60. The fourth-order valence-electron chi connectivity index (χ4n) is 5.20. The summed E-state index contributed by atoms with van der Waals surface area (Å²) in [5.74, 6) is -0.256. The maximum atomic E-state index is 13.4. The number of pyridine rings is 1. The number of imide groups is 1. The van der Waals surface area contributed by atoms with Crippen molar-refractivity contribution in [3.8, 4) is 11.4 Å². The van der Waals surface area contributed by atoms with E-state index < -0.39 is 11.8 Å². The summed E-state index contributed by atoms with van der Waals surface area (Å²) < 4.78 is 9.40. The Morgan fingerprint density at radius 3 is 2.54 bits per heavy atom. The first-order valence-electron chi connectivity index (χ1n) is 12.8. The van der Waals surface area contributed by atoms with E-state index in [-0.39, 0.29) is 5.57 Å². The summed E-state index contributed by atoms with van der Waals surface area (Å²) in [7, 11) is 5.68. The molecule has 0 saturated carbocycles. The van der Waals surface area contributed by atoms with E-state index in [2.05, 4.69) is 15.2 Å². The lowest BCUT2D eigenvalue weighted by molar-refractivity contribution is -0.122. The molecule has 0 aliphatic carbocycles. The summed E-state index contributed by atoms with van der Waals surface area (Å²) in [4.78, 5) is 33.2. The summed E-state index contributed by atoms with van der Waals surface area (Å²) in [6.45, 7) is 1.60. The SMILES string of the molecule is COc1ccc2c(c1)c(C1=C(c3nn(CCCN(C)C)c4ccccc34)C(=O)NC1=O)cn2-c1cccnc1. The molecule has 2 amide bonds. The number of benzene rings is 2. The number of carbonyl (C=O) groups is 2. The predicted molar refractivity (Wildman–Crippen MR) is 150 cm³/mol. The van der Waals surface area contributed by atoms with Gasteiger partial charge in [-0.15, -0.1) is 0 Å². The van der Waals surface area contributed by atoms with E-state index in [1.807, 2.05) is 84.1 Å². The van der Waals surface area contributed by atoms with Gasteiger partial charge in [0.05, 0.1) is 41.2 Å². The Morgan fingerprint density at radius 2 is 1.77 bits per heavy atom. The third-order valence-corrected chi connectivity index (χ3v) is 7.01. The molecule has 196 valence electrons. The van der Waals surface area contributed by atoms with Crippen LogP contribution in [0.5, 0.6) is 5.75 Å². The number of para-hydroxylation sites is 1. The number of fused-ring (bicyclic) bond motifs is 2. The molecule has 39 heavy (non-hydrogen) atoms. The van der Waals surface area contributed by atoms with Gasteiger partial charge in [0.15, 0.2) is 0 Å². The van der Waals surface area contributed by atoms with Gasteiger partial charge in [0, 0.05) is 35.3 Å². The highest BCUT2D eigenvalue weighted by molar-refractivity contribution is 6.50. The van der Waals surface area contributed by atoms with Gasteiger partial charge in [0.2, 0.25) is 0 Å². The van der Waals surface area contributed by atoms with Crippen LogP contribution in [0.3, 0.4) is 0 Å². The highest BCUT2D eigenvalue weighted by Crippen LogP contribution is 2.39. The lowest BCUT2D eigenvalue weighted by atomic mass is 9.97. The van der Waals surface area contributed by atoms with Crippen molar-refractivity contribution in [2.75, 3.05) is 27.7 Å². The summed E-state index contributed by atoms with van der Waals surface area (Å²) in [6, 6.07) is 17.3. The molecule has 0 unspecified atom stereocenters. The van der Waals surface area contributed by atoms with Gasteiger partial charge >= 0.3 is 0 Å². The molecule has 0 spiro atoms. The van der Waals surface area contributed by atoms with Crippen molar-refractivity contribution in [3.05, 3.63) is 84.4 Å². The average Bonchev–Trinajstić information content (AvgIpc) is 3.59. The minimum atomic E-state index is -0.455. The van der Waals surface area contributed by atoms with E-state index in [0.29, 0.717) is 29.1 Å². The topological polar surface area (TPSA) is 94.3 Å². The van der Waals surface area contributed by atoms with Crippen molar-refractivity contribution in [1.82, 2.24) is 29.5 Å². The summed E-state index contributed by atoms with van der Waals surface area (Å²) >= 11 is 0. The minimum absolute atomic E-state index is 0.274. The van der Waals surface area contributed by atoms with Crippen molar-refractivity contribution in [3.63, 3.8) is 0 Å². The average molecular weight is 521 g/mol. The molecule has 4 heterocycles. The number of hydrogen-bond donors (Lipinski definition) is 1. The lowest BCUT2D eigenvalue weighted by Gasteiger charge is -2.09. The monoisotopic (exact) mass is 520 g/mol. The van der Waals surface area contributed by atoms with Crippen molar-refractivity contribution < 1.29 is 14.3 Å². The Hall–Kier alpha value is -4.76. The first-order valence-corrected chi connectivity index (χ1v) is 12.8. The van der Waals surface area contributed by atoms with Crippen LogP contribution in [-0.2, 0) is 16.1 Å². The third kappa shape index (κ3) is 4.26. The van der Waals surface area contributed by atoms with Crippen LogP contribution < -0.4 is 10.1 Å². The van der Waals surface area contributed by atoms with Crippen LogP contribution >= 0.6 is 0 Å². The number of carbonyl (C=O) groups excluding carboxylic acids is 2. The van der Waals surface area contributed by atoms with Gasteiger partial charge in [-0.25, -0.2) is 0 Å². The van der Waals surface area contributed by atoms with Gasteiger partial charge in [-0.3, -0.25) is 24.6 Å². The van der Waals surface area contributed by atoms with Crippen molar-refractivity contribution >= 4 is 44.8 Å². The van der Waals surface area contributed by atoms with Crippen LogP contribution in [0.25, 0.3) is 38.6 Å². The molecular weight excluding hydrogens is 492 g/mol. The molecule has 9 heteroatoms. The van der Waals surface area contributed by atoms with E-state index >= 15 is 0 Å². The summed E-state index contributed by atoms with van der Waals surface area (Å²) in [5.41, 5.74) is 4.31. The summed E-state index contributed by atoms with van der Waals surface area (Å²) in [6.07, 6.45) is 6.24. The fraction of sp³-hybridized carbons (Fsp3) is 0.200. The van der Waals surface area contributed by atoms with E-state index in [1.54, 1.807) is 19.5 Å². The number of nitrogens with one attached hydrogen (secondary N) is 1. The van der Waals surface area contributed by atoms with E-state index in [1.165, 1.54) is 0 Å². The normalized spacial score (nSPS) is 13.7. The Kier molecular flexibility index (Phi) is 6.20. The number of rotatable bonds is 8. The second kappa shape index (κ2) is 9.85. The Bertz CT molecular complexity index is 1760. The molecule has 0 saturated heterocycles. The standard InChI is InChI=1S/C30H28N6O3/c1-34(2)14-7-15-36-25-10-5-4-9-21(25)28(33-36)27-26(29(37)32-30(27)38)23-18-35(19-8-6-13-31-17-19)24-12-11-20(39-3)16-22(23)24/h4-6,8-13,16-18H,7,14-15H2,1-3H3,(H,32,37,38). The van der Waals surface area contributed by atoms with Crippen LogP contribution in [0.4, 0.5) is 0 Å². The van der Waals surface area contributed by atoms with Crippen molar-refractivity contribution in [1.29, 1.82) is 0 Å². The van der Waals surface area contributed by atoms with Crippen molar-refractivity contribution in [2.24, 2.45) is 0 Å². The zero-order valence-corrected chi connectivity index (χ0v) is 22.0. The second-order valence-electron chi connectivity index (χ2n) is 9.79. The van der Waals surface area contributed by atoms with Gasteiger partial charge in [0.1, 0.15) is 11.4 Å². The van der Waals surface area contributed by atoms with Crippen LogP contribution in [-0.4, -0.2) is 63.8 Å². The molecule has 9 nitrogen and oxygen atoms in total. The second-order valence-corrected chi connectivity index (χ2v) is 9.79. The predicted octanol–water partition coefficient (Wildman–Crippen LogP) is 3.90. The van der Waals surface area contributed by atoms with Crippen molar-refractivity contribution in [2.45, 2.75) is 13.0 Å². The first kappa shape index (κ1) is 24.6. The minimum Gasteiger partial charge on any atom is -0.497 e. The molecule has 0 atom stereocenters. The van der Waals surface area contributed by atoms with E-state index in [9.17, 15) is 9.59 Å². The number of aryl methyl sites for hydroxylation is 1. The summed E-state index contributed by atoms with van der Waals surface area (Å²) in [5, 5.41) is 9.03. The number of methoxy groups -OCH3 is 1. The molecule has 0 bridgehead atoms. The van der Waals surface area contributed by atoms with Gasteiger partial charge in [0.25, 0.3) is 11.8 Å². The van der Waals surface area contributed by atoms with Gasteiger partial charge in [-0.05, 0) is 63.5 Å². The smallest absolute Gasteiger partial charge is 0.261 e. The molecule has 1 aliphatic rings. The van der Waals surface area contributed by atoms with Crippen LogP contribution in [0.2, 0.25) is 0 Å². The van der Waals surface area contributed by atoms with Gasteiger partial charge in [-0.1, -0.05) is 18.2 Å². The molecule has 0 fully saturated rings. The van der Waals surface area contributed by atoms with Gasteiger partial charge < -0.3 is 14.2 Å². The number of nitrogens with zero attached hydrogens (tertiary/aromatic N) is 5. The molecule has 3 aromatic heterocycles. The molecule has 6 rings (SSSR count). The van der Waals surface area contributed by atoms with E-state index in [4.69, 9.17) is 9.84 Å². The lowest BCUT2D eigenvalue weighted by Crippen LogP contribution is -2.22. The molecule has 5 aromatic rings. The maximum Gasteiger partial charge on any atom is 0.261 e. The largest absolute Gasteiger partial charge is 0.497 e. The highest BCUT2D eigenvalue weighted by atomic mass is 16.5. The van der Waals surface area contributed by atoms with Crippen LogP contribution in [0.15, 0.2) is 73.2 Å². The number of ether oxygens (including phenoxy) is 1. The molecule has 2 aromatic carbocycles. The third-order valence-electron chi connectivity index (χ3n) is 7.01. The number of hydrogen-bond acceptors (Lipinski definition) is 6. The number of aromatic nitrogens is 4. The maximum absolute atomic E-state index is 13.4. The Morgan fingerprint density at radius 1 is 0.949 bits per heavy atom. The molecule has 1 N–H and O–H groups in total. The van der Waals surface area contributed by atoms with Crippen LogP contribution in [0, 0.1) is 0 Å². The zero-order valence-electron chi connectivity index (χ0n) is 22.0. The first-order chi connectivity index (χ1) is 19.0. The fourth-order valence-corrected chi connectivity index (χ4v) is 5.20. The number of amides is 2. The van der Waals surface area contributed by atoms with Gasteiger partial charge in [-0.2, -0.15) is 5.10 Å². The van der Waals surface area contributed by atoms with Crippen LogP contribution in [0.1, 0.15) is 17.7 Å². The zero-order chi connectivity index (χ0) is 27.1.